The summed E-state index contributed by atoms with van der Waals surface area (Å²) in [5.74, 6) is 0. The molecule has 0 aliphatic carbocycles. The Bertz CT molecular complexity index is 2870. The van der Waals surface area contributed by atoms with E-state index in [-0.39, 0.29) is 0 Å². The van der Waals surface area contributed by atoms with Crippen LogP contribution in [0.3, 0.4) is 0 Å². The zero-order chi connectivity index (χ0) is 34.4. The second-order valence-electron chi connectivity index (χ2n) is 13.6. The maximum atomic E-state index is 2.39. The normalized spacial score (nSPS) is 11.5. The van der Waals surface area contributed by atoms with Crippen LogP contribution >= 0.6 is 0 Å². The number of rotatable bonds is 5. The highest BCUT2D eigenvalue weighted by atomic mass is 14.2. The highest BCUT2D eigenvalue weighted by Crippen LogP contribution is 2.45. The predicted octanol–water partition coefficient (Wildman–Crippen LogP) is 14.6. The average molecular weight is 659 g/mol. The van der Waals surface area contributed by atoms with Gasteiger partial charge in [0.2, 0.25) is 0 Å². The molecule has 0 aliphatic rings. The minimum absolute atomic E-state index is 1.22. The first-order valence-electron chi connectivity index (χ1n) is 18.0. The minimum atomic E-state index is 1.22. The lowest BCUT2D eigenvalue weighted by Gasteiger charge is -2.18. The molecule has 0 unspecified atom stereocenters. The fourth-order valence-electron chi connectivity index (χ4n) is 8.22. The van der Waals surface area contributed by atoms with E-state index in [4.69, 9.17) is 0 Å². The van der Waals surface area contributed by atoms with Crippen LogP contribution in [0.5, 0.6) is 0 Å². The summed E-state index contributed by atoms with van der Waals surface area (Å²) in [6.45, 7) is 0. The number of fused-ring (bicyclic) bond motifs is 4. The monoisotopic (exact) mass is 658 g/mol. The maximum Gasteiger partial charge on any atom is -0.00262 e. The fourth-order valence-corrected chi connectivity index (χ4v) is 8.22. The van der Waals surface area contributed by atoms with Crippen molar-refractivity contribution >= 4 is 43.1 Å². The van der Waals surface area contributed by atoms with E-state index in [2.05, 4.69) is 206 Å². The van der Waals surface area contributed by atoms with Crippen molar-refractivity contribution in [1.82, 2.24) is 0 Å². The zero-order valence-corrected chi connectivity index (χ0v) is 28.6. The van der Waals surface area contributed by atoms with Crippen molar-refractivity contribution in [3.8, 4) is 55.6 Å². The third-order valence-corrected chi connectivity index (χ3v) is 10.7. The Morgan fingerprint density at radius 1 is 0.192 bits per heavy atom. The van der Waals surface area contributed by atoms with E-state index in [0.717, 1.165) is 0 Å². The molecule has 0 aliphatic heterocycles. The van der Waals surface area contributed by atoms with Crippen LogP contribution in [0.4, 0.5) is 0 Å². The molecule has 52 heavy (non-hydrogen) atoms. The molecule has 0 aromatic heterocycles. The Morgan fingerprint density at radius 3 is 1.29 bits per heavy atom. The van der Waals surface area contributed by atoms with Crippen molar-refractivity contribution in [2.24, 2.45) is 0 Å². The Hall–Kier alpha value is -6.76. The summed E-state index contributed by atoms with van der Waals surface area (Å²) < 4.78 is 0. The molecule has 0 N–H and O–H groups in total. The molecule has 0 fully saturated rings. The van der Waals surface area contributed by atoms with Gasteiger partial charge in [0, 0.05) is 0 Å². The highest BCUT2D eigenvalue weighted by Gasteiger charge is 2.17. The van der Waals surface area contributed by atoms with E-state index in [0.29, 0.717) is 0 Å². The van der Waals surface area contributed by atoms with Crippen LogP contribution in [0.15, 0.2) is 206 Å². The van der Waals surface area contributed by atoms with Gasteiger partial charge >= 0.3 is 0 Å². The van der Waals surface area contributed by atoms with Crippen molar-refractivity contribution in [3.05, 3.63) is 206 Å². The molecule has 0 atom stereocenters. The Kier molecular flexibility index (Phi) is 7.25. The van der Waals surface area contributed by atoms with Crippen molar-refractivity contribution < 1.29 is 0 Å². The van der Waals surface area contributed by atoms with Crippen LogP contribution in [0.25, 0.3) is 98.7 Å². The molecular formula is C52H34. The molecule has 10 aromatic carbocycles. The van der Waals surface area contributed by atoms with Crippen molar-refractivity contribution in [3.63, 3.8) is 0 Å². The summed E-state index contributed by atoms with van der Waals surface area (Å²) in [7, 11) is 0. The molecule has 0 radical (unpaired) electrons. The molecule has 0 spiro atoms. The Morgan fingerprint density at radius 2 is 0.615 bits per heavy atom. The smallest absolute Gasteiger partial charge is 0.00262 e. The third kappa shape index (κ3) is 5.08. The lowest BCUT2D eigenvalue weighted by Crippen LogP contribution is -1.91. The van der Waals surface area contributed by atoms with Gasteiger partial charge in [-0.05, 0) is 111 Å². The first kappa shape index (κ1) is 30.1. The van der Waals surface area contributed by atoms with Crippen LogP contribution in [0.1, 0.15) is 0 Å². The summed E-state index contributed by atoms with van der Waals surface area (Å²) in [4.78, 5) is 0. The summed E-state index contributed by atoms with van der Waals surface area (Å²) in [5.41, 5.74) is 12.4. The molecule has 0 saturated carbocycles. The standard InChI is InChI=1S/C52H34/c1-2-13-36(14-3-1)44-18-6-7-19-46(44)40-31-25-35-26-32-41(34-42(35)33-40)52-49-22-10-8-20-47(49)51(48-21-9-11-23-50(48)52)39-29-27-38(28-30-39)45-24-12-16-37-15-4-5-17-43(37)45/h1-34H. The van der Waals surface area contributed by atoms with E-state index < -0.39 is 0 Å². The number of hydrogen-bond acceptors (Lipinski definition) is 0. The van der Waals surface area contributed by atoms with E-state index in [9.17, 15) is 0 Å². The molecule has 0 heteroatoms. The first-order valence-corrected chi connectivity index (χ1v) is 18.0. The maximum absolute atomic E-state index is 2.39. The lowest BCUT2D eigenvalue weighted by atomic mass is 9.85. The van der Waals surface area contributed by atoms with Crippen LogP contribution in [-0.2, 0) is 0 Å². The van der Waals surface area contributed by atoms with Gasteiger partial charge in [0.15, 0.2) is 0 Å². The molecule has 0 amide bonds. The topological polar surface area (TPSA) is 0 Å². The van der Waals surface area contributed by atoms with E-state index >= 15 is 0 Å². The average Bonchev–Trinajstić information content (AvgIpc) is 3.22. The summed E-state index contributed by atoms with van der Waals surface area (Å²) in [6, 6.07) is 75.5. The fraction of sp³-hybridized carbons (Fsp3) is 0. The third-order valence-electron chi connectivity index (χ3n) is 10.7. The highest BCUT2D eigenvalue weighted by molar-refractivity contribution is 6.21. The van der Waals surface area contributed by atoms with Crippen LogP contribution in [0, 0.1) is 0 Å². The van der Waals surface area contributed by atoms with Gasteiger partial charge in [0.05, 0.1) is 0 Å². The summed E-state index contributed by atoms with van der Waals surface area (Å²) in [5, 5.41) is 10.1. The number of benzene rings is 10. The van der Waals surface area contributed by atoms with Gasteiger partial charge in [0.1, 0.15) is 0 Å². The molecule has 10 rings (SSSR count). The molecular weight excluding hydrogens is 625 g/mol. The molecule has 242 valence electrons. The zero-order valence-electron chi connectivity index (χ0n) is 28.6. The van der Waals surface area contributed by atoms with E-state index in [1.54, 1.807) is 0 Å². The van der Waals surface area contributed by atoms with Crippen LogP contribution in [0.2, 0.25) is 0 Å². The number of hydrogen-bond donors (Lipinski definition) is 0. The molecule has 0 bridgehead atoms. The molecule has 0 nitrogen and oxygen atoms in total. The van der Waals surface area contributed by atoms with Crippen molar-refractivity contribution in [1.29, 1.82) is 0 Å². The van der Waals surface area contributed by atoms with Crippen LogP contribution in [-0.4, -0.2) is 0 Å². The minimum Gasteiger partial charge on any atom is -0.0622 e. The predicted molar refractivity (Wildman–Crippen MR) is 224 cm³/mol. The summed E-state index contributed by atoms with van der Waals surface area (Å²) in [6.07, 6.45) is 0. The first-order chi connectivity index (χ1) is 25.8. The van der Waals surface area contributed by atoms with E-state index in [1.165, 1.54) is 98.7 Å². The van der Waals surface area contributed by atoms with E-state index in [1.807, 2.05) is 0 Å². The van der Waals surface area contributed by atoms with Crippen molar-refractivity contribution in [2.75, 3.05) is 0 Å². The Balaban J connectivity index is 1.13. The van der Waals surface area contributed by atoms with Gasteiger partial charge < -0.3 is 0 Å². The Labute approximate surface area is 303 Å². The quantitative estimate of drug-likeness (QED) is 0.161. The lowest BCUT2D eigenvalue weighted by molar-refractivity contribution is 1.59. The molecule has 0 heterocycles. The largest absolute Gasteiger partial charge is 0.0622 e. The summed E-state index contributed by atoms with van der Waals surface area (Å²) >= 11 is 0. The van der Waals surface area contributed by atoms with Gasteiger partial charge in [-0.25, -0.2) is 0 Å². The van der Waals surface area contributed by atoms with Crippen LogP contribution < -0.4 is 0 Å². The van der Waals surface area contributed by atoms with Gasteiger partial charge in [0.25, 0.3) is 0 Å². The van der Waals surface area contributed by atoms with Gasteiger partial charge in [-0.15, -0.1) is 0 Å². The van der Waals surface area contributed by atoms with Gasteiger partial charge in [-0.1, -0.05) is 194 Å². The molecule has 0 saturated heterocycles. The van der Waals surface area contributed by atoms with Crippen molar-refractivity contribution in [2.45, 2.75) is 0 Å². The SMILES string of the molecule is c1ccc(-c2ccccc2-c2ccc3ccc(-c4c5ccccc5c(-c5ccc(-c6cccc7ccccc67)cc5)c5ccccc45)cc3c2)cc1. The second kappa shape index (κ2) is 12.5. The van der Waals surface area contributed by atoms with Gasteiger partial charge in [-0.3, -0.25) is 0 Å². The van der Waals surface area contributed by atoms with Gasteiger partial charge in [-0.2, -0.15) is 0 Å². The second-order valence-corrected chi connectivity index (χ2v) is 13.6. The molecule has 10 aromatic rings.